The standard InChI is InChI=1S/C16H16FNO2/c17-11-15(14-9-5-2-6-10-14)18-16(19)20-12-13-7-3-1-4-8-13/h1-10,15H,11-12H2,(H,18,19). The number of halogens is 1. The average Bonchev–Trinajstić information content (AvgIpc) is 2.52. The number of hydrogen-bond acceptors (Lipinski definition) is 2. The Morgan fingerprint density at radius 2 is 1.65 bits per heavy atom. The van der Waals surface area contributed by atoms with E-state index in [2.05, 4.69) is 5.32 Å². The zero-order valence-electron chi connectivity index (χ0n) is 11.0. The Bertz CT molecular complexity index is 531. The van der Waals surface area contributed by atoms with Crippen LogP contribution in [0.25, 0.3) is 0 Å². The number of rotatable bonds is 5. The number of alkyl halides is 1. The topological polar surface area (TPSA) is 38.3 Å². The van der Waals surface area contributed by atoms with Gasteiger partial charge in [0.05, 0.1) is 6.04 Å². The maximum atomic E-state index is 13.0. The molecule has 4 heteroatoms. The molecule has 0 heterocycles. The van der Waals surface area contributed by atoms with E-state index in [4.69, 9.17) is 4.74 Å². The summed E-state index contributed by atoms with van der Waals surface area (Å²) < 4.78 is 18.1. The first kappa shape index (κ1) is 14.1. The largest absolute Gasteiger partial charge is 0.445 e. The fourth-order valence-electron chi connectivity index (χ4n) is 1.80. The van der Waals surface area contributed by atoms with Crippen LogP contribution in [0.3, 0.4) is 0 Å². The maximum Gasteiger partial charge on any atom is 0.408 e. The molecule has 0 radical (unpaired) electrons. The van der Waals surface area contributed by atoms with E-state index in [9.17, 15) is 9.18 Å². The van der Waals surface area contributed by atoms with Crippen molar-refractivity contribution in [3.8, 4) is 0 Å². The van der Waals surface area contributed by atoms with Crippen molar-refractivity contribution in [3.63, 3.8) is 0 Å². The number of carbonyl (C=O) groups is 1. The summed E-state index contributed by atoms with van der Waals surface area (Å²) >= 11 is 0. The lowest BCUT2D eigenvalue weighted by atomic mass is 10.1. The van der Waals surface area contributed by atoms with Crippen molar-refractivity contribution in [1.29, 1.82) is 0 Å². The molecule has 0 aliphatic carbocycles. The van der Waals surface area contributed by atoms with Crippen LogP contribution in [0, 0.1) is 0 Å². The molecule has 2 aromatic rings. The Kier molecular flexibility index (Phi) is 5.12. The van der Waals surface area contributed by atoms with Gasteiger partial charge < -0.3 is 10.1 Å². The van der Waals surface area contributed by atoms with Gasteiger partial charge in [-0.15, -0.1) is 0 Å². The molecule has 0 saturated heterocycles. The van der Waals surface area contributed by atoms with Crippen LogP contribution in [-0.2, 0) is 11.3 Å². The van der Waals surface area contributed by atoms with Gasteiger partial charge in [-0.05, 0) is 11.1 Å². The third-order valence-electron chi connectivity index (χ3n) is 2.86. The summed E-state index contributed by atoms with van der Waals surface area (Å²) in [6, 6.07) is 17.6. The highest BCUT2D eigenvalue weighted by Gasteiger charge is 2.14. The molecule has 0 saturated carbocycles. The highest BCUT2D eigenvalue weighted by Crippen LogP contribution is 2.13. The van der Waals surface area contributed by atoms with E-state index in [0.717, 1.165) is 5.56 Å². The van der Waals surface area contributed by atoms with Crippen LogP contribution >= 0.6 is 0 Å². The van der Waals surface area contributed by atoms with Crippen molar-refractivity contribution < 1.29 is 13.9 Å². The zero-order valence-corrected chi connectivity index (χ0v) is 11.0. The van der Waals surface area contributed by atoms with Crippen molar-refractivity contribution in [2.24, 2.45) is 0 Å². The molecule has 0 bridgehead atoms. The minimum Gasteiger partial charge on any atom is -0.445 e. The molecule has 0 aromatic heterocycles. The van der Waals surface area contributed by atoms with E-state index < -0.39 is 18.8 Å². The minimum atomic E-state index is -0.681. The Morgan fingerprint density at radius 3 is 2.25 bits per heavy atom. The van der Waals surface area contributed by atoms with Crippen LogP contribution < -0.4 is 5.32 Å². The second-order valence-electron chi connectivity index (χ2n) is 4.32. The van der Waals surface area contributed by atoms with Crippen LogP contribution in [0.2, 0.25) is 0 Å². The third-order valence-corrected chi connectivity index (χ3v) is 2.86. The van der Waals surface area contributed by atoms with Crippen molar-refractivity contribution in [3.05, 3.63) is 71.8 Å². The highest BCUT2D eigenvalue weighted by atomic mass is 19.1. The summed E-state index contributed by atoms with van der Waals surface area (Å²) in [5.41, 5.74) is 1.60. The summed E-state index contributed by atoms with van der Waals surface area (Å²) in [5.74, 6) is 0. The van der Waals surface area contributed by atoms with Gasteiger partial charge in [0, 0.05) is 0 Å². The Morgan fingerprint density at radius 1 is 1.05 bits per heavy atom. The molecule has 0 aliphatic heterocycles. The molecule has 0 fully saturated rings. The average molecular weight is 273 g/mol. The lowest BCUT2D eigenvalue weighted by Gasteiger charge is -2.15. The summed E-state index contributed by atoms with van der Waals surface area (Å²) in [5, 5.41) is 2.52. The molecule has 1 amide bonds. The van der Waals surface area contributed by atoms with Gasteiger partial charge >= 0.3 is 6.09 Å². The van der Waals surface area contributed by atoms with Crippen LogP contribution in [0.15, 0.2) is 60.7 Å². The number of benzene rings is 2. The van der Waals surface area contributed by atoms with Crippen LogP contribution in [0.1, 0.15) is 17.2 Å². The van der Waals surface area contributed by atoms with Crippen molar-refractivity contribution in [2.45, 2.75) is 12.6 Å². The number of alkyl carbamates (subject to hydrolysis) is 1. The SMILES string of the molecule is O=C(NC(CF)c1ccccc1)OCc1ccccc1. The van der Waals surface area contributed by atoms with Gasteiger partial charge in [-0.2, -0.15) is 0 Å². The quantitative estimate of drug-likeness (QED) is 0.903. The normalized spacial score (nSPS) is 11.7. The Balaban J connectivity index is 1.87. The molecule has 1 atom stereocenters. The fraction of sp³-hybridized carbons (Fsp3) is 0.188. The van der Waals surface area contributed by atoms with Crippen molar-refractivity contribution >= 4 is 6.09 Å². The second-order valence-corrected chi connectivity index (χ2v) is 4.32. The second kappa shape index (κ2) is 7.28. The first-order valence-corrected chi connectivity index (χ1v) is 6.37. The van der Waals surface area contributed by atoms with Gasteiger partial charge in [-0.3, -0.25) is 0 Å². The lowest BCUT2D eigenvalue weighted by molar-refractivity contribution is 0.133. The van der Waals surface area contributed by atoms with Gasteiger partial charge in [-0.1, -0.05) is 60.7 Å². The lowest BCUT2D eigenvalue weighted by Crippen LogP contribution is -2.30. The van der Waals surface area contributed by atoms with Crippen LogP contribution in [-0.4, -0.2) is 12.8 Å². The van der Waals surface area contributed by atoms with E-state index in [1.165, 1.54) is 0 Å². The molecule has 2 aromatic carbocycles. The molecule has 0 aliphatic rings. The number of amides is 1. The molecular formula is C16H16FNO2. The monoisotopic (exact) mass is 273 g/mol. The Labute approximate surface area is 117 Å². The van der Waals surface area contributed by atoms with Gasteiger partial charge in [0.2, 0.25) is 0 Å². The minimum absolute atomic E-state index is 0.167. The van der Waals surface area contributed by atoms with Gasteiger partial charge in [0.1, 0.15) is 13.3 Å². The molecular weight excluding hydrogens is 257 g/mol. The first-order valence-electron chi connectivity index (χ1n) is 6.37. The van der Waals surface area contributed by atoms with Gasteiger partial charge in [0.25, 0.3) is 0 Å². The van der Waals surface area contributed by atoms with E-state index in [0.29, 0.717) is 5.56 Å². The van der Waals surface area contributed by atoms with Gasteiger partial charge in [0.15, 0.2) is 0 Å². The summed E-state index contributed by atoms with van der Waals surface area (Å²) in [6.07, 6.45) is -0.625. The van der Waals surface area contributed by atoms with Crippen molar-refractivity contribution in [1.82, 2.24) is 5.32 Å². The predicted octanol–water partition coefficient (Wildman–Crippen LogP) is 3.62. The molecule has 20 heavy (non-hydrogen) atoms. The van der Waals surface area contributed by atoms with E-state index in [-0.39, 0.29) is 6.61 Å². The Hall–Kier alpha value is -2.36. The zero-order chi connectivity index (χ0) is 14.2. The number of hydrogen-bond donors (Lipinski definition) is 1. The molecule has 104 valence electrons. The maximum absolute atomic E-state index is 13.0. The first-order chi connectivity index (χ1) is 9.79. The van der Waals surface area contributed by atoms with Crippen LogP contribution in [0.5, 0.6) is 0 Å². The third kappa shape index (κ3) is 4.09. The van der Waals surface area contributed by atoms with E-state index in [1.54, 1.807) is 24.3 Å². The fourth-order valence-corrected chi connectivity index (χ4v) is 1.80. The molecule has 2 rings (SSSR count). The van der Waals surface area contributed by atoms with Gasteiger partial charge in [-0.25, -0.2) is 9.18 Å². The summed E-state index contributed by atoms with van der Waals surface area (Å²) in [7, 11) is 0. The smallest absolute Gasteiger partial charge is 0.408 e. The number of ether oxygens (including phenoxy) is 1. The number of nitrogens with one attached hydrogen (secondary N) is 1. The molecule has 1 unspecified atom stereocenters. The highest BCUT2D eigenvalue weighted by molar-refractivity contribution is 5.68. The summed E-state index contributed by atoms with van der Waals surface area (Å²) in [4.78, 5) is 11.7. The van der Waals surface area contributed by atoms with E-state index >= 15 is 0 Å². The molecule has 1 N–H and O–H groups in total. The molecule has 3 nitrogen and oxygen atoms in total. The predicted molar refractivity (Wildman–Crippen MR) is 74.9 cm³/mol. The number of carbonyl (C=O) groups excluding carboxylic acids is 1. The summed E-state index contributed by atoms with van der Waals surface area (Å²) in [6.45, 7) is -0.509. The van der Waals surface area contributed by atoms with Crippen LogP contribution in [0.4, 0.5) is 9.18 Å². The van der Waals surface area contributed by atoms with Crippen molar-refractivity contribution in [2.75, 3.05) is 6.67 Å². The molecule has 0 spiro atoms. The van der Waals surface area contributed by atoms with E-state index in [1.807, 2.05) is 36.4 Å².